The Hall–Kier alpha value is -1.59. The molecule has 4 fully saturated rings. The highest BCUT2D eigenvalue weighted by Gasteiger charge is 2.41. The third kappa shape index (κ3) is 3.22. The van der Waals surface area contributed by atoms with E-state index in [9.17, 15) is 4.79 Å². The van der Waals surface area contributed by atoms with Gasteiger partial charge in [-0.1, -0.05) is 32.9 Å². The molecule has 0 aromatic heterocycles. The van der Waals surface area contributed by atoms with Gasteiger partial charge in [-0.2, -0.15) is 0 Å². The highest BCUT2D eigenvalue weighted by Crippen LogP contribution is 2.36. The first-order valence-corrected chi connectivity index (χ1v) is 11.0. The SMILES string of the molecule is CC(C)(C)c1cc2c(c([C@@H]3CCCN3)c1)CN(C(=O)N1CC3CC(C1)O3)CC2. The number of rotatable bonds is 1. The van der Waals surface area contributed by atoms with Crippen LogP contribution in [-0.2, 0) is 23.1 Å². The number of amides is 2. The van der Waals surface area contributed by atoms with E-state index in [4.69, 9.17) is 4.74 Å². The summed E-state index contributed by atoms with van der Waals surface area (Å²) in [5.41, 5.74) is 5.84. The third-order valence-electron chi connectivity index (χ3n) is 6.98. The van der Waals surface area contributed by atoms with Crippen molar-refractivity contribution in [3.63, 3.8) is 0 Å². The minimum absolute atomic E-state index is 0.143. The number of nitrogens with zero attached hydrogens (tertiary/aromatic N) is 2. The Balaban J connectivity index is 1.43. The van der Waals surface area contributed by atoms with Gasteiger partial charge < -0.3 is 19.9 Å². The summed E-state index contributed by atoms with van der Waals surface area (Å²) < 4.78 is 5.71. The number of fused-ring (bicyclic) bond motifs is 3. The number of ether oxygens (including phenoxy) is 1. The molecule has 2 unspecified atom stereocenters. The molecule has 0 spiro atoms. The zero-order valence-electron chi connectivity index (χ0n) is 17.5. The first kappa shape index (κ1) is 18.4. The van der Waals surface area contributed by atoms with E-state index < -0.39 is 0 Å². The molecule has 0 saturated carbocycles. The number of hydrogen-bond acceptors (Lipinski definition) is 3. The molecule has 5 heterocycles. The molecule has 2 amide bonds. The number of hydrogen-bond donors (Lipinski definition) is 1. The summed E-state index contributed by atoms with van der Waals surface area (Å²) in [6.07, 6.45) is 5.06. The van der Waals surface area contributed by atoms with Gasteiger partial charge >= 0.3 is 6.03 Å². The third-order valence-corrected chi connectivity index (χ3v) is 6.98. The van der Waals surface area contributed by atoms with E-state index in [0.717, 1.165) is 45.6 Å². The Morgan fingerprint density at radius 1 is 1.18 bits per heavy atom. The molecule has 5 heteroatoms. The molecule has 6 rings (SSSR count). The maximum absolute atomic E-state index is 13.2. The van der Waals surface area contributed by atoms with Gasteiger partial charge in [0.15, 0.2) is 0 Å². The lowest BCUT2D eigenvalue weighted by Gasteiger charge is -2.48. The van der Waals surface area contributed by atoms with Crippen LogP contribution in [0.5, 0.6) is 0 Å². The molecule has 2 bridgehead atoms. The van der Waals surface area contributed by atoms with Gasteiger partial charge in [-0.15, -0.1) is 0 Å². The van der Waals surface area contributed by atoms with Gasteiger partial charge in [0.05, 0.1) is 12.2 Å². The average Bonchev–Trinajstić information content (AvgIpc) is 3.19. The number of carbonyl (C=O) groups is 1. The zero-order chi connectivity index (χ0) is 19.5. The lowest BCUT2D eigenvalue weighted by molar-refractivity contribution is -0.172. The molecule has 1 aromatic carbocycles. The summed E-state index contributed by atoms with van der Waals surface area (Å²) in [5, 5.41) is 3.69. The van der Waals surface area contributed by atoms with Gasteiger partial charge in [0, 0.05) is 38.6 Å². The Kier molecular flexibility index (Phi) is 4.44. The summed E-state index contributed by atoms with van der Waals surface area (Å²) in [7, 11) is 0. The molecule has 5 nitrogen and oxygen atoms in total. The fourth-order valence-electron chi connectivity index (χ4n) is 5.27. The second-order valence-electron chi connectivity index (χ2n) is 10.1. The van der Waals surface area contributed by atoms with Crippen molar-refractivity contribution in [2.75, 3.05) is 26.2 Å². The fourth-order valence-corrected chi connectivity index (χ4v) is 5.27. The molecule has 0 radical (unpaired) electrons. The smallest absolute Gasteiger partial charge is 0.320 e. The number of morpholine rings is 1. The van der Waals surface area contributed by atoms with Crippen molar-refractivity contribution >= 4 is 6.03 Å². The van der Waals surface area contributed by atoms with Crippen molar-refractivity contribution in [2.24, 2.45) is 0 Å². The largest absolute Gasteiger partial charge is 0.371 e. The van der Waals surface area contributed by atoms with Crippen LogP contribution in [0.3, 0.4) is 0 Å². The highest BCUT2D eigenvalue weighted by molar-refractivity contribution is 5.75. The minimum Gasteiger partial charge on any atom is -0.371 e. The Morgan fingerprint density at radius 3 is 2.57 bits per heavy atom. The predicted molar refractivity (Wildman–Crippen MR) is 109 cm³/mol. The Labute approximate surface area is 168 Å². The van der Waals surface area contributed by atoms with Crippen LogP contribution in [0.15, 0.2) is 12.1 Å². The molecule has 1 aromatic rings. The van der Waals surface area contributed by atoms with Crippen LogP contribution in [0, 0.1) is 0 Å². The second kappa shape index (κ2) is 6.74. The number of carbonyl (C=O) groups excluding carboxylic acids is 1. The number of nitrogens with one attached hydrogen (secondary N) is 1. The summed E-state index contributed by atoms with van der Waals surface area (Å²) in [6.45, 7) is 11.1. The quantitative estimate of drug-likeness (QED) is 0.809. The molecule has 28 heavy (non-hydrogen) atoms. The van der Waals surface area contributed by atoms with Crippen LogP contribution in [-0.4, -0.2) is 54.2 Å². The summed E-state index contributed by atoms with van der Waals surface area (Å²) in [5.74, 6) is 0. The van der Waals surface area contributed by atoms with Gasteiger partial charge in [-0.05, 0) is 53.5 Å². The molecule has 0 aliphatic carbocycles. The molecule has 3 atom stereocenters. The predicted octanol–water partition coefficient (Wildman–Crippen LogP) is 3.36. The Morgan fingerprint density at radius 2 is 1.93 bits per heavy atom. The van der Waals surface area contributed by atoms with E-state index in [-0.39, 0.29) is 23.7 Å². The molecule has 152 valence electrons. The van der Waals surface area contributed by atoms with Crippen LogP contribution in [0.2, 0.25) is 0 Å². The normalized spacial score (nSPS) is 29.5. The van der Waals surface area contributed by atoms with Crippen molar-refractivity contribution in [1.82, 2.24) is 15.1 Å². The fraction of sp³-hybridized carbons (Fsp3) is 0.696. The van der Waals surface area contributed by atoms with Gasteiger partial charge in [-0.25, -0.2) is 4.79 Å². The highest BCUT2D eigenvalue weighted by atomic mass is 16.5. The molecule has 4 saturated heterocycles. The van der Waals surface area contributed by atoms with E-state index in [1.807, 2.05) is 4.90 Å². The molecule has 5 aliphatic heterocycles. The van der Waals surface area contributed by atoms with Crippen molar-refractivity contribution in [3.05, 3.63) is 34.4 Å². The number of urea groups is 1. The van der Waals surface area contributed by atoms with Crippen LogP contribution < -0.4 is 5.32 Å². The van der Waals surface area contributed by atoms with E-state index in [1.54, 1.807) is 0 Å². The second-order valence-corrected chi connectivity index (χ2v) is 10.1. The van der Waals surface area contributed by atoms with Crippen molar-refractivity contribution < 1.29 is 9.53 Å². The summed E-state index contributed by atoms with van der Waals surface area (Å²) >= 11 is 0. The summed E-state index contributed by atoms with van der Waals surface area (Å²) in [4.78, 5) is 17.3. The van der Waals surface area contributed by atoms with Crippen LogP contribution in [0.4, 0.5) is 4.79 Å². The number of piperidine rings is 1. The molecular weight excluding hydrogens is 350 g/mol. The van der Waals surface area contributed by atoms with E-state index in [1.165, 1.54) is 35.1 Å². The average molecular weight is 384 g/mol. The van der Waals surface area contributed by atoms with E-state index in [2.05, 4.69) is 43.1 Å². The van der Waals surface area contributed by atoms with Crippen molar-refractivity contribution in [1.29, 1.82) is 0 Å². The maximum Gasteiger partial charge on any atom is 0.320 e. The van der Waals surface area contributed by atoms with Crippen molar-refractivity contribution in [2.45, 2.75) is 76.7 Å². The summed E-state index contributed by atoms with van der Waals surface area (Å²) in [6, 6.07) is 5.45. The van der Waals surface area contributed by atoms with Gasteiger partial charge in [-0.3, -0.25) is 0 Å². The lowest BCUT2D eigenvalue weighted by atomic mass is 9.80. The first-order chi connectivity index (χ1) is 13.4. The lowest BCUT2D eigenvalue weighted by Crippen LogP contribution is -2.61. The van der Waals surface area contributed by atoms with Crippen LogP contribution >= 0.6 is 0 Å². The topological polar surface area (TPSA) is 44.8 Å². The van der Waals surface area contributed by atoms with Gasteiger partial charge in [0.1, 0.15) is 0 Å². The van der Waals surface area contributed by atoms with E-state index in [0.29, 0.717) is 6.04 Å². The number of benzene rings is 1. The zero-order valence-corrected chi connectivity index (χ0v) is 17.5. The minimum atomic E-state index is 0.143. The maximum atomic E-state index is 13.2. The van der Waals surface area contributed by atoms with Crippen LogP contribution in [0.25, 0.3) is 0 Å². The standard InChI is InChI=1S/C23H33N3O2/c1-23(2,3)16-9-15-6-8-25(22(27)26-12-17-11-18(13-26)28-17)14-20(15)19(10-16)21-5-4-7-24-21/h9-10,17-18,21,24H,4-8,11-14H2,1-3H3/t17?,18?,21-/m0/s1. The molecule has 5 aliphatic rings. The Bertz CT molecular complexity index is 763. The monoisotopic (exact) mass is 383 g/mol. The molecular formula is C23H33N3O2. The van der Waals surface area contributed by atoms with E-state index >= 15 is 0 Å². The van der Waals surface area contributed by atoms with Crippen molar-refractivity contribution in [3.8, 4) is 0 Å². The van der Waals surface area contributed by atoms with Gasteiger partial charge in [0.2, 0.25) is 0 Å². The van der Waals surface area contributed by atoms with Crippen LogP contribution in [0.1, 0.15) is 68.3 Å². The van der Waals surface area contributed by atoms with Gasteiger partial charge in [0.25, 0.3) is 0 Å². The molecule has 1 N–H and O–H groups in total. The first-order valence-electron chi connectivity index (χ1n) is 11.0.